The lowest BCUT2D eigenvalue weighted by molar-refractivity contribution is -0.132. The van der Waals surface area contributed by atoms with Gasteiger partial charge < -0.3 is 5.11 Å². The van der Waals surface area contributed by atoms with Gasteiger partial charge >= 0.3 is 5.97 Å². The topological polar surface area (TPSA) is 37.3 Å². The monoisotopic (exact) mass is 190 g/mol. The third kappa shape index (κ3) is 2.46. The van der Waals surface area contributed by atoms with E-state index in [0.717, 1.165) is 12.0 Å². The van der Waals surface area contributed by atoms with E-state index in [2.05, 4.69) is 6.92 Å². The van der Waals surface area contributed by atoms with E-state index in [-0.39, 0.29) is 0 Å². The molecule has 0 saturated heterocycles. The van der Waals surface area contributed by atoms with Crippen LogP contribution >= 0.6 is 0 Å². The summed E-state index contributed by atoms with van der Waals surface area (Å²) >= 11 is 0. The molecule has 1 aromatic rings. The molecule has 0 heterocycles. The average molecular weight is 190 g/mol. The van der Waals surface area contributed by atoms with Gasteiger partial charge in [-0.1, -0.05) is 31.2 Å². The molecule has 1 N–H and O–H groups in total. The van der Waals surface area contributed by atoms with Crippen LogP contribution in [0.2, 0.25) is 0 Å². The minimum absolute atomic E-state index is 0.367. The van der Waals surface area contributed by atoms with E-state index in [1.54, 1.807) is 13.0 Å². The Morgan fingerprint density at radius 1 is 1.43 bits per heavy atom. The normalized spacial score (nSPS) is 11.4. The molecule has 0 aliphatic heterocycles. The van der Waals surface area contributed by atoms with Crippen molar-refractivity contribution in [3.63, 3.8) is 0 Å². The quantitative estimate of drug-likeness (QED) is 0.744. The molecule has 0 bridgehead atoms. The predicted octanol–water partition coefficient (Wildman–Crippen LogP) is 2.74. The molecule has 0 fully saturated rings. The smallest absolute Gasteiger partial charge is 0.331 e. The van der Waals surface area contributed by atoms with Gasteiger partial charge in [0.25, 0.3) is 0 Å². The molecular weight excluding hydrogens is 176 g/mol. The predicted molar refractivity (Wildman–Crippen MR) is 57.1 cm³/mol. The van der Waals surface area contributed by atoms with Crippen molar-refractivity contribution < 1.29 is 9.90 Å². The van der Waals surface area contributed by atoms with Crippen LogP contribution in [0.4, 0.5) is 0 Å². The summed E-state index contributed by atoms with van der Waals surface area (Å²) in [6.07, 6.45) is 2.63. The maximum absolute atomic E-state index is 10.6. The Hall–Kier alpha value is -1.57. The maximum atomic E-state index is 10.6. The Morgan fingerprint density at radius 3 is 2.64 bits per heavy atom. The first-order valence-electron chi connectivity index (χ1n) is 4.64. The molecule has 0 aliphatic rings. The van der Waals surface area contributed by atoms with Gasteiger partial charge in [-0.05, 0) is 30.5 Å². The summed E-state index contributed by atoms with van der Waals surface area (Å²) in [7, 11) is 0. The maximum Gasteiger partial charge on any atom is 0.331 e. The van der Waals surface area contributed by atoms with Gasteiger partial charge in [0.05, 0.1) is 0 Å². The van der Waals surface area contributed by atoms with Gasteiger partial charge in [-0.3, -0.25) is 0 Å². The number of carbonyl (C=O) groups is 1. The first kappa shape index (κ1) is 10.5. The molecule has 0 atom stereocenters. The lowest BCUT2D eigenvalue weighted by atomic mass is 10.0. The highest BCUT2D eigenvalue weighted by Crippen LogP contribution is 2.13. The van der Waals surface area contributed by atoms with Gasteiger partial charge in [0.1, 0.15) is 0 Å². The highest BCUT2D eigenvalue weighted by atomic mass is 16.4. The summed E-state index contributed by atoms with van der Waals surface area (Å²) in [6, 6.07) is 7.83. The summed E-state index contributed by atoms with van der Waals surface area (Å²) < 4.78 is 0. The van der Waals surface area contributed by atoms with Crippen molar-refractivity contribution in [3.05, 3.63) is 41.0 Å². The SMILES string of the molecule is CCc1ccccc1/C=C(\C)C(=O)O. The minimum Gasteiger partial charge on any atom is -0.478 e. The molecule has 0 aromatic heterocycles. The van der Waals surface area contributed by atoms with Crippen molar-refractivity contribution in [1.29, 1.82) is 0 Å². The molecule has 0 unspecified atom stereocenters. The fourth-order valence-electron chi connectivity index (χ4n) is 1.29. The van der Waals surface area contributed by atoms with Gasteiger partial charge in [0, 0.05) is 5.57 Å². The molecule has 0 radical (unpaired) electrons. The van der Waals surface area contributed by atoms with Crippen LogP contribution in [0.15, 0.2) is 29.8 Å². The van der Waals surface area contributed by atoms with Crippen LogP contribution in [-0.2, 0) is 11.2 Å². The zero-order chi connectivity index (χ0) is 10.6. The largest absolute Gasteiger partial charge is 0.478 e. The number of aryl methyl sites for hydroxylation is 1. The molecule has 0 spiro atoms. The second-order valence-corrected chi connectivity index (χ2v) is 3.18. The zero-order valence-corrected chi connectivity index (χ0v) is 8.45. The van der Waals surface area contributed by atoms with Gasteiger partial charge in [-0.25, -0.2) is 4.79 Å². The fourth-order valence-corrected chi connectivity index (χ4v) is 1.29. The molecule has 0 amide bonds. The van der Waals surface area contributed by atoms with E-state index in [1.807, 2.05) is 24.3 Å². The summed E-state index contributed by atoms with van der Waals surface area (Å²) in [5.41, 5.74) is 2.54. The summed E-state index contributed by atoms with van der Waals surface area (Å²) in [5.74, 6) is -0.865. The first-order chi connectivity index (χ1) is 6.65. The van der Waals surface area contributed by atoms with Gasteiger partial charge in [-0.15, -0.1) is 0 Å². The number of rotatable bonds is 3. The summed E-state index contributed by atoms with van der Waals surface area (Å²) in [4.78, 5) is 10.6. The van der Waals surface area contributed by atoms with E-state index in [1.165, 1.54) is 5.56 Å². The number of hydrogen-bond donors (Lipinski definition) is 1. The Morgan fingerprint density at radius 2 is 2.07 bits per heavy atom. The van der Waals surface area contributed by atoms with Gasteiger partial charge in [0.15, 0.2) is 0 Å². The van der Waals surface area contributed by atoms with Crippen molar-refractivity contribution in [2.75, 3.05) is 0 Å². The molecule has 1 aromatic carbocycles. The molecule has 2 heteroatoms. The van der Waals surface area contributed by atoms with Gasteiger partial charge in [-0.2, -0.15) is 0 Å². The second-order valence-electron chi connectivity index (χ2n) is 3.18. The molecule has 0 aliphatic carbocycles. The van der Waals surface area contributed by atoms with Crippen LogP contribution in [-0.4, -0.2) is 11.1 Å². The van der Waals surface area contributed by atoms with Crippen molar-refractivity contribution in [2.24, 2.45) is 0 Å². The van der Waals surface area contributed by atoms with Crippen molar-refractivity contribution in [1.82, 2.24) is 0 Å². The van der Waals surface area contributed by atoms with Crippen LogP contribution in [0.3, 0.4) is 0 Å². The van der Waals surface area contributed by atoms with Crippen molar-refractivity contribution >= 4 is 12.0 Å². The average Bonchev–Trinajstić information content (AvgIpc) is 2.18. The van der Waals surface area contributed by atoms with Crippen LogP contribution in [0.5, 0.6) is 0 Å². The van der Waals surface area contributed by atoms with Crippen LogP contribution in [0, 0.1) is 0 Å². The number of benzene rings is 1. The van der Waals surface area contributed by atoms with E-state index >= 15 is 0 Å². The van der Waals surface area contributed by atoms with Crippen molar-refractivity contribution in [3.8, 4) is 0 Å². The van der Waals surface area contributed by atoms with Gasteiger partial charge in [0.2, 0.25) is 0 Å². The number of aliphatic carboxylic acids is 1. The van der Waals surface area contributed by atoms with E-state index in [4.69, 9.17) is 5.11 Å². The Balaban J connectivity index is 3.07. The Labute approximate surface area is 83.9 Å². The number of carboxylic acids is 1. The highest BCUT2D eigenvalue weighted by Gasteiger charge is 2.01. The Bertz CT molecular complexity index is 364. The third-order valence-corrected chi connectivity index (χ3v) is 2.15. The van der Waals surface area contributed by atoms with E-state index in [9.17, 15) is 4.79 Å². The molecule has 2 nitrogen and oxygen atoms in total. The zero-order valence-electron chi connectivity index (χ0n) is 8.45. The minimum atomic E-state index is -0.865. The highest BCUT2D eigenvalue weighted by molar-refractivity contribution is 5.91. The van der Waals surface area contributed by atoms with Crippen LogP contribution in [0.1, 0.15) is 25.0 Å². The lowest BCUT2D eigenvalue weighted by Crippen LogP contribution is -1.96. The summed E-state index contributed by atoms with van der Waals surface area (Å²) in [6.45, 7) is 3.66. The van der Waals surface area contributed by atoms with Crippen LogP contribution < -0.4 is 0 Å². The molecule has 74 valence electrons. The molecule has 0 saturated carbocycles. The first-order valence-corrected chi connectivity index (χ1v) is 4.64. The lowest BCUT2D eigenvalue weighted by Gasteiger charge is -2.02. The van der Waals surface area contributed by atoms with E-state index in [0.29, 0.717) is 5.57 Å². The Kier molecular flexibility index (Phi) is 3.46. The molecule has 1 rings (SSSR count). The van der Waals surface area contributed by atoms with Crippen molar-refractivity contribution in [2.45, 2.75) is 20.3 Å². The van der Waals surface area contributed by atoms with Crippen LogP contribution in [0.25, 0.3) is 6.08 Å². The number of hydrogen-bond acceptors (Lipinski definition) is 1. The molecular formula is C12H14O2. The third-order valence-electron chi connectivity index (χ3n) is 2.15. The second kappa shape index (κ2) is 4.61. The standard InChI is InChI=1S/C12H14O2/c1-3-10-6-4-5-7-11(10)8-9(2)12(13)14/h4-8H,3H2,1-2H3,(H,13,14)/b9-8+. The van der Waals surface area contributed by atoms with E-state index < -0.39 is 5.97 Å². The number of carboxylic acid groups (broad SMARTS) is 1. The summed E-state index contributed by atoms with van der Waals surface area (Å²) in [5, 5.41) is 8.74. The fraction of sp³-hybridized carbons (Fsp3) is 0.250. The molecule has 14 heavy (non-hydrogen) atoms.